The number of hydrogen-bond acceptors (Lipinski definition) is 2. The summed E-state index contributed by atoms with van der Waals surface area (Å²) < 4.78 is 13.3. The average Bonchev–Trinajstić information content (AvgIpc) is 2.35. The number of halogens is 2. The van der Waals surface area contributed by atoms with Gasteiger partial charge in [-0.25, -0.2) is 9.37 Å². The summed E-state index contributed by atoms with van der Waals surface area (Å²) in [6.45, 7) is 0. The fourth-order valence-corrected chi connectivity index (χ4v) is 1.64. The van der Waals surface area contributed by atoms with Gasteiger partial charge in [0.25, 0.3) is 0 Å². The van der Waals surface area contributed by atoms with Crippen LogP contribution in [0.2, 0.25) is 5.02 Å². The summed E-state index contributed by atoms with van der Waals surface area (Å²) >= 11 is 5.85. The van der Waals surface area contributed by atoms with Crippen LogP contribution in [0, 0.1) is 5.82 Å². The number of hydrogen-bond donors (Lipinski definition) is 1. The molecule has 92 valence electrons. The molecule has 0 aliphatic carbocycles. The summed E-state index contributed by atoms with van der Waals surface area (Å²) in [5.41, 5.74) is 0.335. The number of nitrogens with zero attached hydrogens (tertiary/aromatic N) is 1. The predicted molar refractivity (Wildman–Crippen MR) is 68.0 cm³/mol. The molecule has 0 saturated carbocycles. The molecule has 1 heterocycles. The minimum Gasteiger partial charge on any atom is -0.309 e. The van der Waals surface area contributed by atoms with Crippen molar-refractivity contribution >= 4 is 23.3 Å². The summed E-state index contributed by atoms with van der Waals surface area (Å²) in [5.74, 6) is -0.485. The number of carbonyl (C=O) groups is 1. The maximum Gasteiger partial charge on any atom is 0.230 e. The van der Waals surface area contributed by atoms with Crippen LogP contribution in [0.5, 0.6) is 0 Å². The molecule has 1 N–H and O–H groups in total. The molecular formula is C13H10ClFN2O. The first kappa shape index (κ1) is 12.5. The first-order valence-electron chi connectivity index (χ1n) is 5.30. The Morgan fingerprint density at radius 2 is 2.06 bits per heavy atom. The molecule has 2 rings (SSSR count). The number of anilines is 1. The van der Waals surface area contributed by atoms with E-state index in [9.17, 15) is 9.18 Å². The lowest BCUT2D eigenvalue weighted by atomic mass is 10.1. The summed E-state index contributed by atoms with van der Waals surface area (Å²) in [7, 11) is 0. The molecule has 0 bridgehead atoms. The molecule has 0 unspecified atom stereocenters. The smallest absolute Gasteiger partial charge is 0.230 e. The van der Waals surface area contributed by atoms with Crippen LogP contribution in [0.15, 0.2) is 42.6 Å². The second-order valence-corrected chi connectivity index (χ2v) is 4.06. The van der Waals surface area contributed by atoms with E-state index in [-0.39, 0.29) is 18.1 Å². The summed E-state index contributed by atoms with van der Waals surface area (Å²) in [6.07, 6.45) is 1.46. The average molecular weight is 265 g/mol. The van der Waals surface area contributed by atoms with Gasteiger partial charge in [0.05, 0.1) is 11.4 Å². The van der Waals surface area contributed by atoms with E-state index in [0.717, 1.165) is 0 Å². The van der Waals surface area contributed by atoms with Gasteiger partial charge in [0.15, 0.2) is 5.82 Å². The Hall–Kier alpha value is -1.94. The number of amides is 1. The highest BCUT2D eigenvalue weighted by molar-refractivity contribution is 6.33. The highest BCUT2D eigenvalue weighted by Gasteiger charge is 2.09. The fraction of sp³-hybridized carbons (Fsp3) is 0.0769. The van der Waals surface area contributed by atoms with E-state index in [0.29, 0.717) is 10.6 Å². The van der Waals surface area contributed by atoms with E-state index in [1.165, 1.54) is 12.3 Å². The lowest BCUT2D eigenvalue weighted by molar-refractivity contribution is -0.115. The van der Waals surface area contributed by atoms with Crippen molar-refractivity contribution in [1.82, 2.24) is 4.98 Å². The topological polar surface area (TPSA) is 42.0 Å². The van der Waals surface area contributed by atoms with E-state index in [2.05, 4.69) is 10.3 Å². The zero-order chi connectivity index (χ0) is 13.0. The Morgan fingerprint density at radius 3 is 2.78 bits per heavy atom. The van der Waals surface area contributed by atoms with E-state index in [1.807, 2.05) is 0 Å². The Kier molecular flexibility index (Phi) is 3.89. The number of aromatic nitrogens is 1. The van der Waals surface area contributed by atoms with Crippen molar-refractivity contribution < 1.29 is 9.18 Å². The van der Waals surface area contributed by atoms with Crippen molar-refractivity contribution in [3.63, 3.8) is 0 Å². The summed E-state index contributed by atoms with van der Waals surface area (Å²) in [5, 5.41) is 2.88. The molecule has 18 heavy (non-hydrogen) atoms. The molecule has 1 amide bonds. The second-order valence-electron chi connectivity index (χ2n) is 3.65. The van der Waals surface area contributed by atoms with Gasteiger partial charge >= 0.3 is 0 Å². The SMILES string of the molecule is O=C(Cc1ccccc1F)Nc1ncccc1Cl. The maximum absolute atomic E-state index is 13.3. The molecule has 0 radical (unpaired) electrons. The van der Waals surface area contributed by atoms with Crippen molar-refractivity contribution in [1.29, 1.82) is 0 Å². The molecule has 0 aliphatic rings. The molecule has 1 aromatic carbocycles. The maximum atomic E-state index is 13.3. The monoisotopic (exact) mass is 264 g/mol. The summed E-state index contributed by atoms with van der Waals surface area (Å²) in [4.78, 5) is 15.6. The minimum absolute atomic E-state index is 0.0560. The Labute approximate surface area is 109 Å². The summed E-state index contributed by atoms with van der Waals surface area (Å²) in [6, 6.07) is 9.42. The van der Waals surface area contributed by atoms with Crippen LogP contribution < -0.4 is 5.32 Å². The van der Waals surface area contributed by atoms with Crippen molar-refractivity contribution in [2.75, 3.05) is 5.32 Å². The van der Waals surface area contributed by atoms with Gasteiger partial charge in [0.2, 0.25) is 5.91 Å². The Bertz CT molecular complexity index is 525. The molecule has 2 aromatic rings. The predicted octanol–water partition coefficient (Wildman–Crippen LogP) is 3.06. The molecule has 5 heteroatoms. The van der Waals surface area contributed by atoms with Gasteiger partial charge in [-0.2, -0.15) is 0 Å². The first-order chi connectivity index (χ1) is 8.66. The molecule has 0 aliphatic heterocycles. The zero-order valence-corrected chi connectivity index (χ0v) is 10.1. The lowest BCUT2D eigenvalue weighted by Gasteiger charge is -2.06. The molecule has 1 aromatic heterocycles. The van der Waals surface area contributed by atoms with E-state index in [1.54, 1.807) is 30.3 Å². The third-order valence-electron chi connectivity index (χ3n) is 2.33. The van der Waals surface area contributed by atoms with Crippen molar-refractivity contribution in [3.8, 4) is 0 Å². The molecule has 0 saturated heterocycles. The standard InChI is InChI=1S/C13H10ClFN2O/c14-10-5-3-7-16-13(10)17-12(18)8-9-4-1-2-6-11(9)15/h1-7H,8H2,(H,16,17,18). The van der Waals surface area contributed by atoms with Crippen LogP contribution in [-0.2, 0) is 11.2 Å². The van der Waals surface area contributed by atoms with Gasteiger partial charge in [0, 0.05) is 6.20 Å². The minimum atomic E-state index is -0.403. The van der Waals surface area contributed by atoms with Gasteiger partial charge in [-0.1, -0.05) is 29.8 Å². The molecule has 0 spiro atoms. The lowest BCUT2D eigenvalue weighted by Crippen LogP contribution is -2.16. The number of benzene rings is 1. The number of rotatable bonds is 3. The van der Waals surface area contributed by atoms with Crippen molar-refractivity contribution in [2.45, 2.75) is 6.42 Å². The van der Waals surface area contributed by atoms with E-state index in [4.69, 9.17) is 11.6 Å². The van der Waals surface area contributed by atoms with Gasteiger partial charge < -0.3 is 5.32 Å². The Morgan fingerprint density at radius 1 is 1.28 bits per heavy atom. The van der Waals surface area contributed by atoms with E-state index >= 15 is 0 Å². The first-order valence-corrected chi connectivity index (χ1v) is 5.68. The molecular weight excluding hydrogens is 255 g/mol. The largest absolute Gasteiger partial charge is 0.309 e. The number of nitrogens with one attached hydrogen (secondary N) is 1. The molecule has 3 nitrogen and oxygen atoms in total. The second kappa shape index (κ2) is 5.60. The third kappa shape index (κ3) is 3.05. The van der Waals surface area contributed by atoms with Crippen LogP contribution in [-0.4, -0.2) is 10.9 Å². The fourth-order valence-electron chi connectivity index (χ4n) is 1.47. The van der Waals surface area contributed by atoms with Crippen LogP contribution >= 0.6 is 11.6 Å². The van der Waals surface area contributed by atoms with Gasteiger partial charge in [-0.05, 0) is 23.8 Å². The van der Waals surface area contributed by atoms with Gasteiger partial charge in [0.1, 0.15) is 5.82 Å². The third-order valence-corrected chi connectivity index (χ3v) is 2.63. The normalized spacial score (nSPS) is 10.1. The van der Waals surface area contributed by atoms with Crippen LogP contribution in [0.1, 0.15) is 5.56 Å². The molecule has 0 atom stereocenters. The molecule has 0 fully saturated rings. The van der Waals surface area contributed by atoms with E-state index < -0.39 is 5.82 Å². The highest BCUT2D eigenvalue weighted by atomic mass is 35.5. The Balaban J connectivity index is 2.06. The van der Waals surface area contributed by atoms with Crippen molar-refractivity contribution in [2.24, 2.45) is 0 Å². The van der Waals surface area contributed by atoms with Crippen molar-refractivity contribution in [3.05, 3.63) is 59.0 Å². The van der Waals surface area contributed by atoms with Crippen LogP contribution in [0.3, 0.4) is 0 Å². The van der Waals surface area contributed by atoms with Crippen LogP contribution in [0.4, 0.5) is 10.2 Å². The zero-order valence-electron chi connectivity index (χ0n) is 9.36. The van der Waals surface area contributed by atoms with Gasteiger partial charge in [-0.15, -0.1) is 0 Å². The number of pyridine rings is 1. The quantitative estimate of drug-likeness (QED) is 0.926. The number of carbonyl (C=O) groups excluding carboxylic acids is 1. The van der Waals surface area contributed by atoms with Crippen LogP contribution in [0.25, 0.3) is 0 Å². The highest BCUT2D eigenvalue weighted by Crippen LogP contribution is 2.17. The van der Waals surface area contributed by atoms with Gasteiger partial charge in [-0.3, -0.25) is 4.79 Å².